The zero-order valence-corrected chi connectivity index (χ0v) is 9.59. The van der Waals surface area contributed by atoms with Gasteiger partial charge in [-0.05, 0) is 23.9 Å². The van der Waals surface area contributed by atoms with Crippen LogP contribution >= 0.6 is 11.8 Å². The number of aromatic nitrogens is 1. The van der Waals surface area contributed by atoms with Crippen molar-refractivity contribution in [2.24, 2.45) is 0 Å². The van der Waals surface area contributed by atoms with E-state index in [-0.39, 0.29) is 11.4 Å². The van der Waals surface area contributed by atoms with Crippen LogP contribution in [0.2, 0.25) is 0 Å². The third kappa shape index (κ3) is 2.66. The van der Waals surface area contributed by atoms with Crippen LogP contribution in [0.5, 0.6) is 0 Å². The standard InChI is InChI=1S/C10H6N2O5S/c13-10(14)7-1-2-9(17-7)18-8-5-6(12(15)16)3-4-11-8/h1-5H,(H,13,14). The molecule has 7 nitrogen and oxygen atoms in total. The van der Waals surface area contributed by atoms with E-state index in [0.29, 0.717) is 10.1 Å². The highest BCUT2D eigenvalue weighted by Gasteiger charge is 2.12. The number of rotatable bonds is 4. The smallest absolute Gasteiger partial charge is 0.371 e. The van der Waals surface area contributed by atoms with Gasteiger partial charge in [0.25, 0.3) is 5.69 Å². The van der Waals surface area contributed by atoms with Gasteiger partial charge in [0.15, 0.2) is 5.09 Å². The van der Waals surface area contributed by atoms with E-state index in [1.54, 1.807) is 0 Å². The number of hydrogen-bond donors (Lipinski definition) is 1. The third-order valence-corrected chi connectivity index (χ3v) is 2.78. The second kappa shape index (κ2) is 4.88. The zero-order chi connectivity index (χ0) is 13.1. The van der Waals surface area contributed by atoms with Gasteiger partial charge in [-0.3, -0.25) is 10.1 Å². The second-order valence-corrected chi connectivity index (χ2v) is 4.16. The van der Waals surface area contributed by atoms with Crippen LogP contribution in [0, 0.1) is 10.1 Å². The lowest BCUT2D eigenvalue weighted by Gasteiger charge is -1.96. The van der Waals surface area contributed by atoms with E-state index in [4.69, 9.17) is 9.52 Å². The first kappa shape index (κ1) is 12.1. The molecule has 0 saturated heterocycles. The molecule has 0 radical (unpaired) electrons. The van der Waals surface area contributed by atoms with Crippen LogP contribution in [0.4, 0.5) is 5.69 Å². The van der Waals surface area contributed by atoms with Gasteiger partial charge in [0, 0.05) is 18.3 Å². The molecule has 1 N–H and O–H groups in total. The van der Waals surface area contributed by atoms with Crippen LogP contribution < -0.4 is 0 Å². The molecule has 0 aromatic carbocycles. The maximum atomic E-state index is 10.6. The van der Waals surface area contributed by atoms with Gasteiger partial charge in [0.05, 0.1) is 4.92 Å². The molecule has 0 aliphatic rings. The first-order valence-electron chi connectivity index (χ1n) is 4.67. The van der Waals surface area contributed by atoms with Crippen LogP contribution in [0.3, 0.4) is 0 Å². The summed E-state index contributed by atoms with van der Waals surface area (Å²) < 4.78 is 5.00. The summed E-state index contributed by atoms with van der Waals surface area (Å²) >= 11 is 1.01. The molecule has 0 fully saturated rings. The van der Waals surface area contributed by atoms with Crippen LogP contribution in [0.15, 0.2) is 45.0 Å². The number of furan rings is 1. The van der Waals surface area contributed by atoms with E-state index in [1.165, 1.54) is 30.5 Å². The van der Waals surface area contributed by atoms with Crippen LogP contribution in [-0.2, 0) is 0 Å². The molecular weight excluding hydrogens is 260 g/mol. The molecule has 0 amide bonds. The Morgan fingerprint density at radius 1 is 1.44 bits per heavy atom. The predicted molar refractivity (Wildman–Crippen MR) is 60.7 cm³/mol. The molecule has 0 bridgehead atoms. The highest BCUT2D eigenvalue weighted by molar-refractivity contribution is 7.99. The molecule has 2 aromatic rings. The predicted octanol–water partition coefficient (Wildman–Crippen LogP) is 2.43. The van der Waals surface area contributed by atoms with Gasteiger partial charge in [-0.15, -0.1) is 0 Å². The number of carboxylic acid groups (broad SMARTS) is 1. The summed E-state index contributed by atoms with van der Waals surface area (Å²) in [5.74, 6) is -1.36. The molecule has 0 aliphatic heterocycles. The van der Waals surface area contributed by atoms with Crippen molar-refractivity contribution >= 4 is 23.4 Å². The highest BCUT2D eigenvalue weighted by atomic mass is 32.2. The lowest BCUT2D eigenvalue weighted by atomic mass is 10.4. The van der Waals surface area contributed by atoms with Crippen LogP contribution in [-0.4, -0.2) is 21.0 Å². The average Bonchev–Trinajstić information content (AvgIpc) is 2.78. The topological polar surface area (TPSA) is 106 Å². The number of carbonyl (C=O) groups is 1. The Balaban J connectivity index is 2.20. The minimum atomic E-state index is -1.17. The maximum Gasteiger partial charge on any atom is 0.371 e. The monoisotopic (exact) mass is 266 g/mol. The Labute approximate surface area is 105 Å². The Hall–Kier alpha value is -2.35. The number of pyridine rings is 1. The van der Waals surface area contributed by atoms with Gasteiger partial charge in [0.1, 0.15) is 5.03 Å². The largest absolute Gasteiger partial charge is 0.475 e. The lowest BCUT2D eigenvalue weighted by molar-refractivity contribution is -0.385. The van der Waals surface area contributed by atoms with E-state index < -0.39 is 10.9 Å². The average molecular weight is 266 g/mol. The number of carboxylic acids is 1. The molecule has 0 atom stereocenters. The molecule has 2 heterocycles. The van der Waals surface area contributed by atoms with Gasteiger partial charge < -0.3 is 9.52 Å². The van der Waals surface area contributed by atoms with Crippen LogP contribution in [0.25, 0.3) is 0 Å². The Bertz CT molecular complexity index is 610. The minimum Gasteiger partial charge on any atom is -0.475 e. The molecule has 0 unspecified atom stereocenters. The summed E-state index contributed by atoms with van der Waals surface area (Å²) in [6.45, 7) is 0. The summed E-state index contributed by atoms with van der Waals surface area (Å²) in [7, 11) is 0. The first-order chi connectivity index (χ1) is 8.56. The van der Waals surface area contributed by atoms with Gasteiger partial charge in [0.2, 0.25) is 5.76 Å². The van der Waals surface area contributed by atoms with Crippen molar-refractivity contribution in [2.45, 2.75) is 10.1 Å². The van der Waals surface area contributed by atoms with Crippen molar-refractivity contribution < 1.29 is 19.2 Å². The minimum absolute atomic E-state index is 0.0856. The molecule has 2 rings (SSSR count). The zero-order valence-electron chi connectivity index (χ0n) is 8.77. The van der Waals surface area contributed by atoms with E-state index in [2.05, 4.69) is 4.98 Å². The summed E-state index contributed by atoms with van der Waals surface area (Å²) in [6, 6.07) is 5.33. The fraction of sp³-hybridized carbons (Fsp3) is 0. The normalized spacial score (nSPS) is 10.2. The summed E-state index contributed by atoms with van der Waals surface area (Å²) in [5.41, 5.74) is -0.0856. The van der Waals surface area contributed by atoms with E-state index in [9.17, 15) is 14.9 Å². The Kier molecular flexibility index (Phi) is 3.28. The van der Waals surface area contributed by atoms with Gasteiger partial charge >= 0.3 is 5.97 Å². The number of nitro groups is 1. The first-order valence-corrected chi connectivity index (χ1v) is 5.49. The maximum absolute atomic E-state index is 10.6. The number of nitrogens with zero attached hydrogens (tertiary/aromatic N) is 2. The molecule has 18 heavy (non-hydrogen) atoms. The highest BCUT2D eigenvalue weighted by Crippen LogP contribution is 2.29. The molecule has 0 aliphatic carbocycles. The molecule has 92 valence electrons. The van der Waals surface area contributed by atoms with Crippen molar-refractivity contribution in [2.75, 3.05) is 0 Å². The van der Waals surface area contributed by atoms with Crippen molar-refractivity contribution in [1.29, 1.82) is 0 Å². The Morgan fingerprint density at radius 3 is 2.83 bits per heavy atom. The lowest BCUT2D eigenvalue weighted by Crippen LogP contribution is -1.91. The molecule has 8 heteroatoms. The number of aromatic carboxylic acids is 1. The SMILES string of the molecule is O=C(O)c1ccc(Sc2cc([N+](=O)[O-])ccn2)o1. The second-order valence-electron chi connectivity index (χ2n) is 3.14. The quantitative estimate of drug-likeness (QED) is 0.668. The summed E-state index contributed by atoms with van der Waals surface area (Å²) in [6.07, 6.45) is 1.31. The van der Waals surface area contributed by atoms with Crippen molar-refractivity contribution in [3.8, 4) is 0 Å². The van der Waals surface area contributed by atoms with E-state index >= 15 is 0 Å². The fourth-order valence-corrected chi connectivity index (χ4v) is 1.93. The summed E-state index contributed by atoms with van der Waals surface area (Å²) in [4.78, 5) is 24.6. The molecular formula is C10H6N2O5S. The summed E-state index contributed by atoms with van der Waals surface area (Å²) in [5, 5.41) is 19.9. The number of hydrogen-bond acceptors (Lipinski definition) is 6. The van der Waals surface area contributed by atoms with E-state index in [0.717, 1.165) is 11.8 Å². The molecule has 0 spiro atoms. The molecule has 0 saturated carbocycles. The van der Waals surface area contributed by atoms with Crippen LogP contribution in [0.1, 0.15) is 10.6 Å². The van der Waals surface area contributed by atoms with Gasteiger partial charge in [-0.25, -0.2) is 9.78 Å². The van der Waals surface area contributed by atoms with Crippen molar-refractivity contribution in [3.05, 3.63) is 46.3 Å². The van der Waals surface area contributed by atoms with Gasteiger partial charge in [-0.1, -0.05) is 0 Å². The third-order valence-electron chi connectivity index (χ3n) is 1.93. The van der Waals surface area contributed by atoms with Crippen molar-refractivity contribution in [3.63, 3.8) is 0 Å². The van der Waals surface area contributed by atoms with E-state index in [1.807, 2.05) is 0 Å². The Morgan fingerprint density at radius 2 is 2.22 bits per heavy atom. The molecule has 2 aromatic heterocycles. The van der Waals surface area contributed by atoms with Gasteiger partial charge in [-0.2, -0.15) is 0 Å². The fourth-order valence-electron chi connectivity index (χ4n) is 1.16. The van der Waals surface area contributed by atoms with Crippen molar-refractivity contribution in [1.82, 2.24) is 4.98 Å².